The summed E-state index contributed by atoms with van der Waals surface area (Å²) in [7, 11) is 0. The summed E-state index contributed by atoms with van der Waals surface area (Å²) in [4.78, 5) is 24.6. The third kappa shape index (κ3) is 4.67. The van der Waals surface area contributed by atoms with Crippen LogP contribution in [-0.2, 0) is 11.3 Å². The summed E-state index contributed by atoms with van der Waals surface area (Å²) in [5, 5.41) is 8.23. The molecule has 0 bridgehead atoms. The van der Waals surface area contributed by atoms with E-state index < -0.39 is 11.9 Å². The first kappa shape index (κ1) is 19.4. The normalized spacial score (nSPS) is 16.6. The van der Waals surface area contributed by atoms with Gasteiger partial charge in [0.2, 0.25) is 5.91 Å². The van der Waals surface area contributed by atoms with Crippen molar-refractivity contribution in [2.24, 2.45) is 17.6 Å². The molecule has 1 aliphatic carbocycles. The van der Waals surface area contributed by atoms with Gasteiger partial charge in [0.05, 0.1) is 5.52 Å². The van der Waals surface area contributed by atoms with Crippen LogP contribution in [0.25, 0.3) is 10.9 Å². The van der Waals surface area contributed by atoms with E-state index in [9.17, 15) is 9.59 Å². The Morgan fingerprint density at radius 2 is 1.93 bits per heavy atom. The van der Waals surface area contributed by atoms with E-state index in [1.54, 1.807) is 0 Å². The van der Waals surface area contributed by atoms with Gasteiger partial charge in [-0.1, -0.05) is 51.3 Å². The third-order valence-electron chi connectivity index (χ3n) is 5.38. The number of aromatic nitrogens is 2. The number of rotatable bonds is 7. The molecule has 0 saturated heterocycles. The quantitative estimate of drug-likeness (QED) is 0.784. The summed E-state index contributed by atoms with van der Waals surface area (Å²) in [6.07, 6.45) is 6.80. The summed E-state index contributed by atoms with van der Waals surface area (Å²) >= 11 is 0. The number of nitrogens with two attached hydrogens (primary N) is 1. The van der Waals surface area contributed by atoms with Gasteiger partial charge in [0, 0.05) is 11.9 Å². The van der Waals surface area contributed by atoms with Crippen molar-refractivity contribution in [2.75, 3.05) is 0 Å². The lowest BCUT2D eigenvalue weighted by Gasteiger charge is -2.21. The highest BCUT2D eigenvalue weighted by atomic mass is 16.2. The van der Waals surface area contributed by atoms with Gasteiger partial charge in [-0.25, -0.2) is 0 Å². The average molecular weight is 370 g/mol. The molecule has 1 aromatic carbocycles. The van der Waals surface area contributed by atoms with Crippen LogP contribution in [0.3, 0.4) is 0 Å². The Balaban J connectivity index is 1.85. The largest absolute Gasteiger partial charge is 0.368 e. The Morgan fingerprint density at radius 1 is 1.22 bits per heavy atom. The molecule has 1 atom stereocenters. The van der Waals surface area contributed by atoms with Crippen LogP contribution in [0.1, 0.15) is 62.9 Å². The maximum atomic E-state index is 12.9. The highest BCUT2D eigenvalue weighted by Crippen LogP contribution is 2.27. The van der Waals surface area contributed by atoms with E-state index in [2.05, 4.69) is 10.4 Å². The molecule has 1 saturated carbocycles. The molecule has 0 unspecified atom stereocenters. The highest BCUT2D eigenvalue weighted by Gasteiger charge is 2.24. The van der Waals surface area contributed by atoms with Crippen LogP contribution in [0.15, 0.2) is 24.3 Å². The molecule has 1 aliphatic rings. The van der Waals surface area contributed by atoms with E-state index in [0.717, 1.165) is 17.4 Å². The minimum atomic E-state index is -0.681. The van der Waals surface area contributed by atoms with Crippen LogP contribution in [-0.4, -0.2) is 27.6 Å². The van der Waals surface area contributed by atoms with Gasteiger partial charge >= 0.3 is 0 Å². The summed E-state index contributed by atoms with van der Waals surface area (Å²) < 4.78 is 1.96. The molecule has 1 heterocycles. The number of para-hydroxylation sites is 1. The second-order valence-corrected chi connectivity index (χ2v) is 8.11. The lowest BCUT2D eigenvalue weighted by atomic mass is 9.89. The van der Waals surface area contributed by atoms with Crippen molar-refractivity contribution >= 4 is 22.7 Å². The van der Waals surface area contributed by atoms with E-state index in [1.165, 1.54) is 32.1 Å². The van der Waals surface area contributed by atoms with Crippen molar-refractivity contribution in [3.8, 4) is 0 Å². The number of hydrogen-bond donors (Lipinski definition) is 2. The molecule has 6 heteroatoms. The number of hydrogen-bond acceptors (Lipinski definition) is 3. The van der Waals surface area contributed by atoms with Crippen molar-refractivity contribution in [3.05, 3.63) is 30.0 Å². The molecule has 0 radical (unpaired) electrons. The molecule has 2 aromatic rings. The highest BCUT2D eigenvalue weighted by molar-refractivity contribution is 6.06. The molecular weight excluding hydrogens is 340 g/mol. The van der Waals surface area contributed by atoms with Gasteiger partial charge in [-0.05, 0) is 37.2 Å². The van der Waals surface area contributed by atoms with Gasteiger partial charge in [-0.3, -0.25) is 14.3 Å². The maximum Gasteiger partial charge on any atom is 0.273 e. The van der Waals surface area contributed by atoms with E-state index in [0.29, 0.717) is 18.0 Å². The van der Waals surface area contributed by atoms with Crippen LogP contribution in [0.2, 0.25) is 0 Å². The number of nitrogens with one attached hydrogen (secondary N) is 1. The van der Waals surface area contributed by atoms with E-state index >= 15 is 0 Å². The van der Waals surface area contributed by atoms with Crippen molar-refractivity contribution in [2.45, 2.75) is 65.0 Å². The SMILES string of the molecule is CC(C)C[C@H](NC(=O)c1nn(CC2CCCCC2)c2ccccc12)C(N)=O. The smallest absolute Gasteiger partial charge is 0.273 e. The summed E-state index contributed by atoms with van der Waals surface area (Å²) in [6, 6.07) is 7.11. The Bertz CT molecular complexity index is 806. The molecule has 3 rings (SSSR count). The van der Waals surface area contributed by atoms with E-state index in [4.69, 9.17) is 5.73 Å². The Kier molecular flexibility index (Phi) is 6.14. The second kappa shape index (κ2) is 8.55. The fourth-order valence-electron chi connectivity index (χ4n) is 3.99. The lowest BCUT2D eigenvalue weighted by Crippen LogP contribution is -2.45. The standard InChI is InChI=1S/C21H30N4O2/c1-14(2)12-17(20(22)26)23-21(27)19-16-10-6-7-11-18(16)25(24-19)13-15-8-4-3-5-9-15/h6-7,10-11,14-15,17H,3-5,8-9,12-13H2,1-2H3,(H2,22,26)(H,23,27)/t17-/m0/s1. The van der Waals surface area contributed by atoms with E-state index in [-0.39, 0.29) is 11.8 Å². The van der Waals surface area contributed by atoms with Crippen LogP contribution in [0.4, 0.5) is 0 Å². The van der Waals surface area contributed by atoms with Gasteiger partial charge < -0.3 is 11.1 Å². The number of carbonyl (C=O) groups excluding carboxylic acids is 2. The zero-order chi connectivity index (χ0) is 19.4. The van der Waals surface area contributed by atoms with E-state index in [1.807, 2.05) is 42.8 Å². The van der Waals surface area contributed by atoms with Crippen molar-refractivity contribution in [3.63, 3.8) is 0 Å². The topological polar surface area (TPSA) is 90.0 Å². The van der Waals surface area contributed by atoms with Crippen molar-refractivity contribution < 1.29 is 9.59 Å². The number of primary amides is 1. The molecule has 3 N–H and O–H groups in total. The van der Waals surface area contributed by atoms with Crippen LogP contribution >= 0.6 is 0 Å². The Morgan fingerprint density at radius 3 is 2.59 bits per heavy atom. The summed E-state index contributed by atoms with van der Waals surface area (Å²) in [5.41, 5.74) is 6.81. The first-order chi connectivity index (χ1) is 13.0. The molecule has 0 spiro atoms. The number of carbonyl (C=O) groups is 2. The number of amides is 2. The van der Waals surface area contributed by atoms with Crippen LogP contribution < -0.4 is 11.1 Å². The fraction of sp³-hybridized carbons (Fsp3) is 0.571. The van der Waals surface area contributed by atoms with Gasteiger partial charge in [0.25, 0.3) is 5.91 Å². The molecule has 1 aromatic heterocycles. The fourth-order valence-corrected chi connectivity index (χ4v) is 3.99. The van der Waals surface area contributed by atoms with Crippen molar-refractivity contribution in [1.82, 2.24) is 15.1 Å². The predicted molar refractivity (Wildman–Crippen MR) is 106 cm³/mol. The monoisotopic (exact) mass is 370 g/mol. The molecule has 27 heavy (non-hydrogen) atoms. The summed E-state index contributed by atoms with van der Waals surface area (Å²) in [5.74, 6) is 0.0155. The zero-order valence-electron chi connectivity index (χ0n) is 16.3. The minimum Gasteiger partial charge on any atom is -0.368 e. The van der Waals surface area contributed by atoms with Gasteiger partial charge in [0.1, 0.15) is 6.04 Å². The molecule has 1 fully saturated rings. The van der Waals surface area contributed by atoms with Gasteiger partial charge in [0.15, 0.2) is 5.69 Å². The molecule has 146 valence electrons. The third-order valence-corrected chi connectivity index (χ3v) is 5.38. The zero-order valence-corrected chi connectivity index (χ0v) is 16.3. The van der Waals surface area contributed by atoms with Gasteiger partial charge in [-0.15, -0.1) is 0 Å². The minimum absolute atomic E-state index is 0.253. The van der Waals surface area contributed by atoms with Crippen molar-refractivity contribution in [1.29, 1.82) is 0 Å². The number of benzene rings is 1. The molecule has 2 amide bonds. The summed E-state index contributed by atoms with van der Waals surface area (Å²) in [6.45, 7) is 4.83. The predicted octanol–water partition coefficient (Wildman–Crippen LogP) is 3.25. The number of nitrogens with zero attached hydrogens (tertiary/aromatic N) is 2. The Hall–Kier alpha value is -2.37. The van der Waals surface area contributed by atoms with Gasteiger partial charge in [-0.2, -0.15) is 5.10 Å². The first-order valence-corrected chi connectivity index (χ1v) is 10.0. The second-order valence-electron chi connectivity index (χ2n) is 8.11. The number of fused-ring (bicyclic) bond motifs is 1. The maximum absolute atomic E-state index is 12.9. The lowest BCUT2D eigenvalue weighted by molar-refractivity contribution is -0.120. The molecule has 6 nitrogen and oxygen atoms in total. The van der Waals surface area contributed by atoms with Crippen LogP contribution in [0.5, 0.6) is 0 Å². The first-order valence-electron chi connectivity index (χ1n) is 10.0. The van der Waals surface area contributed by atoms with Crippen LogP contribution in [0, 0.1) is 11.8 Å². The molecule has 0 aliphatic heterocycles. The Labute approximate surface area is 160 Å². The molecular formula is C21H30N4O2. The average Bonchev–Trinajstić information content (AvgIpc) is 3.00.